The van der Waals surface area contributed by atoms with Crippen molar-refractivity contribution in [1.29, 1.82) is 0 Å². The van der Waals surface area contributed by atoms with Gasteiger partial charge in [-0.3, -0.25) is 4.90 Å². The lowest BCUT2D eigenvalue weighted by Gasteiger charge is -2.60. The Hall–Kier alpha value is -4.64. The Morgan fingerprint density at radius 3 is 2.29 bits per heavy atom. The van der Waals surface area contributed by atoms with E-state index >= 15 is 4.79 Å². The Morgan fingerprint density at radius 1 is 0.848 bits per heavy atom. The van der Waals surface area contributed by atoms with Crippen LogP contribution < -0.4 is 9.47 Å². The van der Waals surface area contributed by atoms with Gasteiger partial charge in [-0.2, -0.15) is 0 Å². The minimum absolute atomic E-state index is 0.0925. The topological polar surface area (TPSA) is 119 Å². The average molecular weight is 907 g/mol. The second kappa shape index (κ2) is 26.6. The number of allylic oxidation sites excluding steroid dienone is 1. The molecule has 0 aromatic heterocycles. The molecule has 1 fully saturated rings. The third-order valence-corrected chi connectivity index (χ3v) is 13.9. The summed E-state index contributed by atoms with van der Waals surface area (Å²) in [4.78, 5) is 23.0. The Bertz CT molecular complexity index is 2040. The fourth-order valence-electron chi connectivity index (χ4n) is 10.8. The normalized spacial score (nSPS) is 22.5. The number of nitrogens with zero attached hydrogens (tertiary/aromatic N) is 2. The summed E-state index contributed by atoms with van der Waals surface area (Å²) in [6, 6.07) is 19.8. The molecule has 360 valence electrons. The quantitative estimate of drug-likeness (QED) is 0.0386. The summed E-state index contributed by atoms with van der Waals surface area (Å²) in [5.74, 6) is -0.409. The van der Waals surface area contributed by atoms with Crippen LogP contribution in [-0.2, 0) is 20.9 Å². The second-order valence-corrected chi connectivity index (χ2v) is 18.4. The highest BCUT2D eigenvalue weighted by Gasteiger charge is 2.65. The van der Waals surface area contributed by atoms with Crippen molar-refractivity contribution in [3.05, 3.63) is 109 Å². The van der Waals surface area contributed by atoms with Crippen LogP contribution in [0.25, 0.3) is 10.8 Å². The Balaban J connectivity index is 1.46. The highest BCUT2D eigenvalue weighted by molar-refractivity contribution is 6.03. The molecular formula is C56H78N2O8. The van der Waals surface area contributed by atoms with E-state index in [0.717, 1.165) is 78.1 Å². The Labute approximate surface area is 395 Å². The van der Waals surface area contributed by atoms with E-state index in [0.29, 0.717) is 50.6 Å². The lowest BCUT2D eigenvalue weighted by atomic mass is 9.55. The zero-order valence-electron chi connectivity index (χ0n) is 40.0. The monoisotopic (exact) mass is 907 g/mol. The summed E-state index contributed by atoms with van der Waals surface area (Å²) in [5, 5.41) is 27.0. The van der Waals surface area contributed by atoms with Crippen molar-refractivity contribution in [3.8, 4) is 11.5 Å². The van der Waals surface area contributed by atoms with Gasteiger partial charge in [0.15, 0.2) is 0 Å². The maximum absolute atomic E-state index is 15.1. The van der Waals surface area contributed by atoms with Crippen molar-refractivity contribution in [2.75, 3.05) is 39.6 Å². The van der Waals surface area contributed by atoms with E-state index in [1.807, 2.05) is 42.2 Å². The number of ether oxygens (including phenoxy) is 4. The lowest BCUT2D eigenvalue weighted by Crippen LogP contribution is -2.70. The SMILES string of the molecule is C=CCOc1ccc2c(c1)C1C(CCCCO)C(CCCCO)C=C3C(=NOCC)CC(N(Cc4cccc5ccccc45)C(=O)OCCCCCCCCCCCC)C(OCC=C)(O2)C31. The molecule has 6 unspecified atom stereocenters. The van der Waals surface area contributed by atoms with Crippen molar-refractivity contribution in [2.45, 2.75) is 147 Å². The number of hydrogen-bond acceptors (Lipinski definition) is 9. The number of carbonyl (C=O) groups is 1. The van der Waals surface area contributed by atoms with Gasteiger partial charge in [-0.25, -0.2) is 4.79 Å². The largest absolute Gasteiger partial charge is 0.490 e. The minimum atomic E-state index is -1.40. The number of benzene rings is 3. The number of fused-ring (bicyclic) bond motifs is 3. The zero-order chi connectivity index (χ0) is 46.6. The highest BCUT2D eigenvalue weighted by atomic mass is 16.7. The summed E-state index contributed by atoms with van der Waals surface area (Å²) in [7, 11) is 0. The molecule has 6 atom stereocenters. The molecule has 0 saturated heterocycles. The van der Waals surface area contributed by atoms with Gasteiger partial charge in [0.2, 0.25) is 5.79 Å². The number of aliphatic hydroxyl groups is 2. The summed E-state index contributed by atoms with van der Waals surface area (Å²) in [5.41, 5.74) is 3.74. The lowest BCUT2D eigenvalue weighted by molar-refractivity contribution is -0.256. The standard InChI is InChI=1S/C56H78N2O8/c1-5-9-10-11-12-13-14-15-16-23-37-63-55(61)58(41-44-28-24-27-42-25-17-18-29-46(42)44)52-40-50(57-65-8-4)48-38-43(26-19-21-33-59)47(30-20-22-34-60)53-49-39-45(62-35-6-2)31-32-51(49)66-56(52,54(48)53)64-36-7-3/h6-7,17-18,24-25,27-29,31-32,38-39,43,47,52-54,59-60H,2-3,5,8-16,19-23,26,30,33-37,40-41H2,1,4H3. The van der Waals surface area contributed by atoms with Crippen molar-refractivity contribution in [3.63, 3.8) is 0 Å². The van der Waals surface area contributed by atoms with Crippen LogP contribution in [0.3, 0.4) is 0 Å². The van der Waals surface area contributed by atoms with Gasteiger partial charge >= 0.3 is 6.09 Å². The van der Waals surface area contributed by atoms with Crippen LogP contribution in [-0.4, -0.2) is 78.4 Å². The number of hydrogen-bond donors (Lipinski definition) is 2. The van der Waals surface area contributed by atoms with E-state index in [1.54, 1.807) is 12.2 Å². The van der Waals surface area contributed by atoms with Gasteiger partial charge in [-0.05, 0) is 91.0 Å². The van der Waals surface area contributed by atoms with Crippen molar-refractivity contribution in [2.24, 2.45) is 22.9 Å². The number of amides is 1. The number of oxime groups is 1. The third-order valence-electron chi connectivity index (χ3n) is 13.9. The molecule has 2 aliphatic carbocycles. The number of carbonyl (C=O) groups excluding carboxylic acids is 1. The van der Waals surface area contributed by atoms with Gasteiger partial charge in [0.05, 0.1) is 31.4 Å². The molecule has 6 rings (SSSR count). The van der Waals surface area contributed by atoms with E-state index in [1.165, 1.54) is 44.9 Å². The van der Waals surface area contributed by atoms with E-state index in [2.05, 4.69) is 56.5 Å². The summed E-state index contributed by atoms with van der Waals surface area (Å²) < 4.78 is 27.2. The third kappa shape index (κ3) is 12.7. The first-order valence-electron chi connectivity index (χ1n) is 25.3. The highest BCUT2D eigenvalue weighted by Crippen LogP contribution is 2.62. The smallest absolute Gasteiger partial charge is 0.410 e. The molecule has 3 aliphatic rings. The molecule has 1 heterocycles. The van der Waals surface area contributed by atoms with Gasteiger partial charge in [-0.1, -0.05) is 150 Å². The van der Waals surface area contributed by atoms with Crippen LogP contribution in [0.4, 0.5) is 4.79 Å². The van der Waals surface area contributed by atoms with E-state index in [4.69, 9.17) is 28.9 Å². The van der Waals surface area contributed by atoms with Crippen molar-refractivity contribution in [1.82, 2.24) is 4.90 Å². The summed E-state index contributed by atoms with van der Waals surface area (Å²) >= 11 is 0. The zero-order valence-corrected chi connectivity index (χ0v) is 40.0. The van der Waals surface area contributed by atoms with Gasteiger partial charge < -0.3 is 34.0 Å². The fraction of sp³-hybridized carbons (Fsp3) is 0.571. The number of rotatable bonds is 30. The maximum Gasteiger partial charge on any atom is 0.410 e. The Morgan fingerprint density at radius 2 is 1.56 bits per heavy atom. The van der Waals surface area contributed by atoms with Crippen LogP contribution in [0.2, 0.25) is 0 Å². The second-order valence-electron chi connectivity index (χ2n) is 18.4. The minimum Gasteiger partial charge on any atom is -0.490 e. The first kappa shape index (κ1) is 50.8. The molecule has 3 aromatic carbocycles. The van der Waals surface area contributed by atoms with Crippen LogP contribution >= 0.6 is 0 Å². The summed E-state index contributed by atoms with van der Waals surface area (Å²) in [6.07, 6.45) is 22.3. The predicted molar refractivity (Wildman–Crippen MR) is 265 cm³/mol. The van der Waals surface area contributed by atoms with Crippen molar-refractivity contribution < 1.29 is 38.8 Å². The van der Waals surface area contributed by atoms with Crippen LogP contribution in [0, 0.1) is 17.8 Å². The molecule has 1 saturated carbocycles. The van der Waals surface area contributed by atoms with Gasteiger partial charge in [0.1, 0.15) is 30.8 Å². The number of unbranched alkanes of at least 4 members (excludes halogenated alkanes) is 11. The van der Waals surface area contributed by atoms with Crippen LogP contribution in [0.15, 0.2) is 103 Å². The van der Waals surface area contributed by atoms with E-state index in [-0.39, 0.29) is 44.1 Å². The molecule has 10 nitrogen and oxygen atoms in total. The van der Waals surface area contributed by atoms with Gasteiger partial charge in [0.25, 0.3) is 0 Å². The van der Waals surface area contributed by atoms with Crippen molar-refractivity contribution >= 4 is 22.6 Å². The molecule has 3 aromatic rings. The fourth-order valence-corrected chi connectivity index (χ4v) is 10.8. The maximum atomic E-state index is 15.1. The molecule has 66 heavy (non-hydrogen) atoms. The van der Waals surface area contributed by atoms with E-state index < -0.39 is 23.8 Å². The molecule has 10 heteroatoms. The molecule has 0 bridgehead atoms. The molecule has 0 radical (unpaired) electrons. The first-order chi connectivity index (χ1) is 32.4. The molecule has 1 amide bonds. The van der Waals surface area contributed by atoms with Crippen LogP contribution in [0.1, 0.15) is 140 Å². The molecule has 1 aliphatic heterocycles. The van der Waals surface area contributed by atoms with Gasteiger partial charge in [0, 0.05) is 31.1 Å². The molecular weight excluding hydrogens is 829 g/mol. The van der Waals surface area contributed by atoms with E-state index in [9.17, 15) is 10.2 Å². The Kier molecular flexibility index (Phi) is 20.5. The number of aliphatic hydroxyl groups excluding tert-OH is 2. The predicted octanol–water partition coefficient (Wildman–Crippen LogP) is 12.6. The van der Waals surface area contributed by atoms with Crippen LogP contribution in [0.5, 0.6) is 11.5 Å². The summed E-state index contributed by atoms with van der Waals surface area (Å²) in [6.45, 7) is 13.9. The molecule has 0 spiro atoms. The average Bonchev–Trinajstić information content (AvgIpc) is 3.34. The van der Waals surface area contributed by atoms with Gasteiger partial charge in [-0.15, -0.1) is 6.58 Å². The molecule has 2 N–H and O–H groups in total. The first-order valence-corrected chi connectivity index (χ1v) is 25.3.